The molecule has 1 unspecified atom stereocenters. The summed E-state index contributed by atoms with van der Waals surface area (Å²) in [6.07, 6.45) is 1.18. The van der Waals surface area contributed by atoms with Crippen LogP contribution in [0.5, 0.6) is 5.75 Å². The number of guanidine groups is 1. The largest absolute Gasteiger partial charge is 0.497 e. The van der Waals surface area contributed by atoms with Crippen LogP contribution < -0.4 is 15.0 Å². The fraction of sp³-hybridized carbons (Fsp3) is 0.435. The summed E-state index contributed by atoms with van der Waals surface area (Å²) in [5, 5.41) is 3.57. The van der Waals surface area contributed by atoms with E-state index in [0.717, 1.165) is 37.9 Å². The van der Waals surface area contributed by atoms with E-state index in [1.54, 1.807) is 7.11 Å². The van der Waals surface area contributed by atoms with E-state index in [2.05, 4.69) is 76.5 Å². The van der Waals surface area contributed by atoms with E-state index in [-0.39, 0.29) is 24.0 Å². The summed E-state index contributed by atoms with van der Waals surface area (Å²) < 4.78 is 5.36. The van der Waals surface area contributed by atoms with Crippen molar-refractivity contribution in [1.82, 2.24) is 10.2 Å². The van der Waals surface area contributed by atoms with Crippen LogP contribution in [0, 0.1) is 12.8 Å². The van der Waals surface area contributed by atoms with Crippen molar-refractivity contribution in [3.05, 3.63) is 59.7 Å². The van der Waals surface area contributed by atoms with Gasteiger partial charge in [0.25, 0.3) is 0 Å². The molecule has 2 aromatic carbocycles. The number of aryl methyl sites for hydroxylation is 1. The summed E-state index contributed by atoms with van der Waals surface area (Å²) in [5.74, 6) is 2.47. The van der Waals surface area contributed by atoms with Gasteiger partial charge in [0.2, 0.25) is 0 Å². The van der Waals surface area contributed by atoms with Crippen molar-refractivity contribution in [3.8, 4) is 5.75 Å². The Labute approximate surface area is 192 Å². The molecule has 158 valence electrons. The molecule has 1 fully saturated rings. The molecule has 0 radical (unpaired) electrons. The number of halogens is 1. The van der Waals surface area contributed by atoms with Crippen LogP contribution in [0.15, 0.2) is 53.5 Å². The predicted molar refractivity (Wildman–Crippen MR) is 133 cm³/mol. The monoisotopic (exact) mass is 508 g/mol. The lowest BCUT2D eigenvalue weighted by molar-refractivity contribution is 0.415. The highest BCUT2D eigenvalue weighted by Crippen LogP contribution is 2.26. The molecule has 0 saturated carbocycles. The van der Waals surface area contributed by atoms with Crippen molar-refractivity contribution in [1.29, 1.82) is 0 Å². The molecule has 1 saturated heterocycles. The van der Waals surface area contributed by atoms with Gasteiger partial charge >= 0.3 is 0 Å². The van der Waals surface area contributed by atoms with Crippen molar-refractivity contribution in [2.45, 2.75) is 19.9 Å². The molecule has 1 atom stereocenters. The third kappa shape index (κ3) is 6.26. The topological polar surface area (TPSA) is 40.1 Å². The molecule has 1 aliphatic rings. The molecule has 2 aromatic rings. The number of ether oxygens (including phenoxy) is 1. The maximum Gasteiger partial charge on any atom is 0.193 e. The molecule has 1 aliphatic heterocycles. The van der Waals surface area contributed by atoms with Gasteiger partial charge in [0.05, 0.1) is 7.11 Å². The van der Waals surface area contributed by atoms with Crippen molar-refractivity contribution >= 4 is 35.6 Å². The van der Waals surface area contributed by atoms with Crippen LogP contribution in [-0.2, 0) is 6.54 Å². The molecule has 0 bridgehead atoms. The van der Waals surface area contributed by atoms with Gasteiger partial charge in [-0.2, -0.15) is 0 Å². The number of aliphatic imine (C=N–C) groups is 1. The van der Waals surface area contributed by atoms with Gasteiger partial charge in [-0.15, -0.1) is 24.0 Å². The highest BCUT2D eigenvalue weighted by atomic mass is 127. The molecular weight excluding hydrogens is 475 g/mol. The van der Waals surface area contributed by atoms with Gasteiger partial charge in [0, 0.05) is 52.0 Å². The second-order valence-electron chi connectivity index (χ2n) is 7.51. The van der Waals surface area contributed by atoms with Crippen LogP contribution in [0.3, 0.4) is 0 Å². The number of hydrogen-bond donors (Lipinski definition) is 1. The molecule has 1 heterocycles. The van der Waals surface area contributed by atoms with Crippen molar-refractivity contribution in [2.24, 2.45) is 10.9 Å². The van der Waals surface area contributed by atoms with Gasteiger partial charge in [0.1, 0.15) is 5.75 Å². The SMILES string of the molecule is CN=C(NCC1CCN(c2cccc(OC)c2)C1)N(C)Cc1ccccc1C.I. The number of hydrogen-bond acceptors (Lipinski definition) is 3. The summed E-state index contributed by atoms with van der Waals surface area (Å²) >= 11 is 0. The molecule has 6 heteroatoms. The zero-order chi connectivity index (χ0) is 19.9. The van der Waals surface area contributed by atoms with E-state index in [9.17, 15) is 0 Å². The lowest BCUT2D eigenvalue weighted by Crippen LogP contribution is -2.41. The summed E-state index contributed by atoms with van der Waals surface area (Å²) in [7, 11) is 5.67. The van der Waals surface area contributed by atoms with Crippen molar-refractivity contribution in [2.75, 3.05) is 45.7 Å². The summed E-state index contributed by atoms with van der Waals surface area (Å²) in [5.41, 5.74) is 3.88. The van der Waals surface area contributed by atoms with E-state index in [4.69, 9.17) is 4.74 Å². The lowest BCUT2D eigenvalue weighted by atomic mass is 10.1. The molecule has 0 aliphatic carbocycles. The number of benzene rings is 2. The first kappa shape index (κ1) is 23.3. The standard InChI is InChI=1S/C23H32N4O.HI/c1-18-8-5-6-9-20(18)17-26(3)23(24-2)25-15-19-12-13-27(16-19)21-10-7-11-22(14-21)28-4;/h5-11,14,19H,12-13,15-17H2,1-4H3,(H,24,25);1H. The number of methoxy groups -OCH3 is 1. The van der Waals surface area contributed by atoms with Gasteiger partial charge in [-0.25, -0.2) is 0 Å². The minimum absolute atomic E-state index is 0. The average Bonchev–Trinajstić information content (AvgIpc) is 3.19. The first-order chi connectivity index (χ1) is 13.6. The van der Waals surface area contributed by atoms with Crippen molar-refractivity contribution < 1.29 is 4.74 Å². The zero-order valence-corrected chi connectivity index (χ0v) is 20.2. The molecule has 5 nitrogen and oxygen atoms in total. The third-order valence-corrected chi connectivity index (χ3v) is 5.50. The number of nitrogens with one attached hydrogen (secondary N) is 1. The first-order valence-electron chi connectivity index (χ1n) is 9.96. The van der Waals surface area contributed by atoms with Gasteiger partial charge in [-0.1, -0.05) is 30.3 Å². The van der Waals surface area contributed by atoms with E-state index < -0.39 is 0 Å². The summed E-state index contributed by atoms with van der Waals surface area (Å²) in [6, 6.07) is 16.8. The second-order valence-corrected chi connectivity index (χ2v) is 7.51. The quantitative estimate of drug-likeness (QED) is 0.362. The van der Waals surface area contributed by atoms with E-state index in [1.165, 1.54) is 23.2 Å². The van der Waals surface area contributed by atoms with Crippen LogP contribution in [-0.4, -0.2) is 51.7 Å². The second kappa shape index (κ2) is 11.3. The Bertz CT molecular complexity index is 811. The minimum atomic E-state index is 0. The predicted octanol–water partition coefficient (Wildman–Crippen LogP) is 4.16. The molecule has 29 heavy (non-hydrogen) atoms. The maximum atomic E-state index is 5.36. The lowest BCUT2D eigenvalue weighted by Gasteiger charge is -2.24. The van der Waals surface area contributed by atoms with Gasteiger partial charge < -0.3 is 19.9 Å². The summed E-state index contributed by atoms with van der Waals surface area (Å²) in [4.78, 5) is 9.11. The van der Waals surface area contributed by atoms with E-state index in [0.29, 0.717) is 5.92 Å². The third-order valence-electron chi connectivity index (χ3n) is 5.50. The highest BCUT2D eigenvalue weighted by molar-refractivity contribution is 14.0. The molecule has 0 amide bonds. The van der Waals surface area contributed by atoms with Crippen LogP contribution in [0.4, 0.5) is 5.69 Å². The van der Waals surface area contributed by atoms with Crippen molar-refractivity contribution in [3.63, 3.8) is 0 Å². The Morgan fingerprint density at radius 1 is 1.24 bits per heavy atom. The van der Waals surface area contributed by atoms with E-state index >= 15 is 0 Å². The number of nitrogens with zero attached hydrogens (tertiary/aromatic N) is 3. The van der Waals surface area contributed by atoms with Gasteiger partial charge in [0.15, 0.2) is 5.96 Å². The summed E-state index contributed by atoms with van der Waals surface area (Å²) in [6.45, 7) is 6.08. The van der Waals surface area contributed by atoms with Crippen LogP contribution in [0.2, 0.25) is 0 Å². The smallest absolute Gasteiger partial charge is 0.193 e. The molecule has 3 rings (SSSR count). The number of rotatable bonds is 6. The normalized spacial score (nSPS) is 16.3. The minimum Gasteiger partial charge on any atom is -0.497 e. The first-order valence-corrected chi connectivity index (χ1v) is 9.96. The molecule has 0 spiro atoms. The highest BCUT2D eigenvalue weighted by Gasteiger charge is 2.23. The van der Waals surface area contributed by atoms with Gasteiger partial charge in [-0.3, -0.25) is 4.99 Å². The van der Waals surface area contributed by atoms with E-state index in [1.807, 2.05) is 13.1 Å². The molecular formula is C23H33IN4O. The zero-order valence-electron chi connectivity index (χ0n) is 17.9. The molecule has 0 aromatic heterocycles. The Morgan fingerprint density at radius 2 is 2.03 bits per heavy atom. The molecule has 1 N–H and O–H groups in total. The Kier molecular flexibility index (Phi) is 9.07. The number of anilines is 1. The Morgan fingerprint density at radius 3 is 2.76 bits per heavy atom. The van der Waals surface area contributed by atoms with Crippen LogP contribution in [0.1, 0.15) is 17.5 Å². The Balaban J connectivity index is 0.00000300. The van der Waals surface area contributed by atoms with Crippen LogP contribution in [0.25, 0.3) is 0 Å². The maximum absolute atomic E-state index is 5.36. The van der Waals surface area contributed by atoms with Crippen LogP contribution >= 0.6 is 24.0 Å². The average molecular weight is 508 g/mol. The fourth-order valence-corrected chi connectivity index (χ4v) is 3.78. The Hall–Kier alpha value is -1.96. The van der Waals surface area contributed by atoms with Gasteiger partial charge in [-0.05, 0) is 42.5 Å². The fourth-order valence-electron chi connectivity index (χ4n) is 3.78.